The summed E-state index contributed by atoms with van der Waals surface area (Å²) >= 11 is 1.35. The van der Waals surface area contributed by atoms with Gasteiger partial charge in [0.1, 0.15) is 10.7 Å². The summed E-state index contributed by atoms with van der Waals surface area (Å²) in [7, 11) is 0. The average molecular weight is 308 g/mol. The molecule has 0 saturated heterocycles. The Labute approximate surface area is 129 Å². The van der Waals surface area contributed by atoms with Gasteiger partial charge in [-0.05, 0) is 42.9 Å². The van der Waals surface area contributed by atoms with Crippen LogP contribution < -0.4 is 16.4 Å². The molecule has 1 amide bonds. The number of anilines is 2. The number of carbonyl (C=O) groups excluding carboxylic acids is 1. The molecule has 0 radical (unpaired) electrons. The molecule has 6 heteroatoms. The van der Waals surface area contributed by atoms with E-state index in [4.69, 9.17) is 5.73 Å². The van der Waals surface area contributed by atoms with Gasteiger partial charge in [-0.2, -0.15) is 0 Å². The Morgan fingerprint density at radius 1 is 1.48 bits per heavy atom. The first-order valence-electron chi connectivity index (χ1n) is 7.78. The van der Waals surface area contributed by atoms with Crippen molar-refractivity contribution < 1.29 is 4.79 Å². The molecule has 5 nitrogen and oxygen atoms in total. The number of carbonyl (C=O) groups is 1. The maximum absolute atomic E-state index is 12.3. The van der Waals surface area contributed by atoms with Crippen molar-refractivity contribution >= 4 is 28.2 Å². The second kappa shape index (κ2) is 5.48. The summed E-state index contributed by atoms with van der Waals surface area (Å²) in [5, 5.41) is 7.02. The number of hydrogen-bond acceptors (Lipinski definition) is 5. The van der Waals surface area contributed by atoms with Crippen molar-refractivity contribution in [2.75, 3.05) is 24.1 Å². The monoisotopic (exact) mass is 308 g/mol. The van der Waals surface area contributed by atoms with Gasteiger partial charge in [0.05, 0.1) is 0 Å². The molecule has 2 fully saturated rings. The summed E-state index contributed by atoms with van der Waals surface area (Å²) in [5.74, 6) is 1.63. The molecule has 1 aromatic heterocycles. The molecular formula is C15H24N4OS. The zero-order valence-corrected chi connectivity index (χ0v) is 13.6. The van der Waals surface area contributed by atoms with Crippen molar-refractivity contribution in [3.63, 3.8) is 0 Å². The van der Waals surface area contributed by atoms with E-state index in [0.29, 0.717) is 22.0 Å². The molecule has 3 rings (SSSR count). The minimum atomic E-state index is -0.0745. The number of hydrogen-bond donors (Lipinski definition) is 3. The highest BCUT2D eigenvalue weighted by Gasteiger charge is 2.53. The van der Waals surface area contributed by atoms with E-state index in [2.05, 4.69) is 29.5 Å². The van der Waals surface area contributed by atoms with Crippen LogP contribution in [0.15, 0.2) is 0 Å². The van der Waals surface area contributed by atoms with Gasteiger partial charge in [0.2, 0.25) is 0 Å². The summed E-state index contributed by atoms with van der Waals surface area (Å²) in [6.07, 6.45) is 5.19. The molecule has 0 atom stereocenters. The Hall–Kier alpha value is -1.30. The molecule has 0 spiro atoms. The molecule has 0 aliphatic heterocycles. The van der Waals surface area contributed by atoms with Crippen molar-refractivity contribution in [2.45, 2.75) is 39.5 Å². The van der Waals surface area contributed by atoms with Gasteiger partial charge >= 0.3 is 0 Å². The van der Waals surface area contributed by atoms with Gasteiger partial charge in [-0.25, -0.2) is 4.98 Å². The van der Waals surface area contributed by atoms with Crippen molar-refractivity contribution in [2.24, 2.45) is 17.3 Å². The summed E-state index contributed by atoms with van der Waals surface area (Å²) in [5.41, 5.74) is 6.28. The second-order valence-electron chi connectivity index (χ2n) is 6.83. The third-order valence-electron chi connectivity index (χ3n) is 4.46. The van der Waals surface area contributed by atoms with Gasteiger partial charge in [0.25, 0.3) is 5.91 Å². The first kappa shape index (κ1) is 14.6. The Bertz CT molecular complexity index is 532. The first-order valence-corrected chi connectivity index (χ1v) is 8.60. The van der Waals surface area contributed by atoms with Gasteiger partial charge in [-0.1, -0.05) is 25.2 Å². The van der Waals surface area contributed by atoms with E-state index < -0.39 is 0 Å². The van der Waals surface area contributed by atoms with Crippen LogP contribution in [0.25, 0.3) is 0 Å². The van der Waals surface area contributed by atoms with E-state index in [0.717, 1.165) is 24.1 Å². The highest BCUT2D eigenvalue weighted by atomic mass is 32.1. The lowest BCUT2D eigenvalue weighted by atomic mass is 10.0. The number of nitrogen functional groups attached to an aromatic ring is 1. The summed E-state index contributed by atoms with van der Waals surface area (Å²) in [6.45, 7) is 5.89. The Morgan fingerprint density at radius 2 is 2.19 bits per heavy atom. The van der Waals surface area contributed by atoms with Crippen LogP contribution >= 0.6 is 11.3 Å². The van der Waals surface area contributed by atoms with Crippen LogP contribution in [0.1, 0.15) is 49.2 Å². The van der Waals surface area contributed by atoms with Crippen molar-refractivity contribution in [1.82, 2.24) is 10.3 Å². The SMILES string of the molecule is CC(C)CNc1nc(N)c(C(=O)NCC2(C3CC3)CC2)s1. The molecule has 21 heavy (non-hydrogen) atoms. The van der Waals surface area contributed by atoms with Crippen LogP contribution in [0.2, 0.25) is 0 Å². The van der Waals surface area contributed by atoms with E-state index in [1.807, 2.05) is 0 Å². The van der Waals surface area contributed by atoms with Crippen molar-refractivity contribution in [1.29, 1.82) is 0 Å². The Kier molecular flexibility index (Phi) is 3.82. The molecule has 0 unspecified atom stereocenters. The topological polar surface area (TPSA) is 80.0 Å². The molecule has 1 aromatic rings. The average Bonchev–Trinajstić information content (AvgIpc) is 3.31. The minimum absolute atomic E-state index is 0.0745. The van der Waals surface area contributed by atoms with Crippen LogP contribution in [-0.4, -0.2) is 24.0 Å². The van der Waals surface area contributed by atoms with E-state index in [1.54, 1.807) is 0 Å². The molecular weight excluding hydrogens is 284 g/mol. The molecule has 4 N–H and O–H groups in total. The van der Waals surface area contributed by atoms with Gasteiger partial charge < -0.3 is 16.4 Å². The maximum atomic E-state index is 12.3. The highest BCUT2D eigenvalue weighted by molar-refractivity contribution is 7.18. The number of aromatic nitrogens is 1. The van der Waals surface area contributed by atoms with E-state index >= 15 is 0 Å². The van der Waals surface area contributed by atoms with Crippen LogP contribution in [0.5, 0.6) is 0 Å². The normalized spacial score (nSPS) is 19.6. The fourth-order valence-electron chi connectivity index (χ4n) is 2.78. The second-order valence-corrected chi connectivity index (χ2v) is 7.83. The number of thiazole rings is 1. The summed E-state index contributed by atoms with van der Waals surface area (Å²) in [4.78, 5) is 17.1. The predicted octanol–water partition coefficient (Wildman–Crippen LogP) is 2.71. The standard InChI is InChI=1S/C15H24N4OS/c1-9(2)7-17-14-19-12(16)11(21-14)13(20)18-8-15(5-6-15)10-3-4-10/h9-10H,3-8,16H2,1-2H3,(H,17,19)(H,18,20). The van der Waals surface area contributed by atoms with Crippen LogP contribution in [0, 0.1) is 17.3 Å². The lowest BCUT2D eigenvalue weighted by Crippen LogP contribution is -2.31. The Balaban J connectivity index is 1.56. The van der Waals surface area contributed by atoms with Crippen LogP contribution in [-0.2, 0) is 0 Å². The fraction of sp³-hybridized carbons (Fsp3) is 0.733. The van der Waals surface area contributed by atoms with Gasteiger partial charge in [-0.3, -0.25) is 4.79 Å². The predicted molar refractivity (Wildman–Crippen MR) is 86.6 cm³/mol. The highest BCUT2D eigenvalue weighted by Crippen LogP contribution is 2.60. The van der Waals surface area contributed by atoms with Crippen LogP contribution in [0.4, 0.5) is 10.9 Å². The van der Waals surface area contributed by atoms with E-state index in [9.17, 15) is 4.79 Å². The molecule has 0 aromatic carbocycles. The zero-order chi connectivity index (χ0) is 15.0. The largest absolute Gasteiger partial charge is 0.382 e. The molecule has 2 aliphatic rings. The fourth-order valence-corrected chi connectivity index (χ4v) is 3.59. The summed E-state index contributed by atoms with van der Waals surface area (Å²) < 4.78 is 0. The summed E-state index contributed by atoms with van der Waals surface area (Å²) in [6, 6.07) is 0. The molecule has 2 saturated carbocycles. The lowest BCUT2D eigenvalue weighted by Gasteiger charge is -2.14. The molecule has 1 heterocycles. The number of nitrogens with one attached hydrogen (secondary N) is 2. The lowest BCUT2D eigenvalue weighted by molar-refractivity contribution is 0.0947. The third-order valence-corrected chi connectivity index (χ3v) is 5.49. The number of amides is 1. The number of nitrogens with two attached hydrogens (primary N) is 1. The first-order chi connectivity index (χ1) is 10.00. The third kappa shape index (κ3) is 3.31. The minimum Gasteiger partial charge on any atom is -0.382 e. The molecule has 2 aliphatic carbocycles. The van der Waals surface area contributed by atoms with Gasteiger partial charge in [0, 0.05) is 13.1 Å². The van der Waals surface area contributed by atoms with Gasteiger partial charge in [-0.15, -0.1) is 0 Å². The maximum Gasteiger partial charge on any atom is 0.265 e. The molecule has 0 bridgehead atoms. The number of nitrogens with zero attached hydrogens (tertiary/aromatic N) is 1. The van der Waals surface area contributed by atoms with Crippen molar-refractivity contribution in [3.8, 4) is 0 Å². The van der Waals surface area contributed by atoms with Crippen LogP contribution in [0.3, 0.4) is 0 Å². The van der Waals surface area contributed by atoms with E-state index in [-0.39, 0.29) is 5.91 Å². The van der Waals surface area contributed by atoms with Crippen molar-refractivity contribution in [3.05, 3.63) is 4.88 Å². The Morgan fingerprint density at radius 3 is 2.76 bits per heavy atom. The van der Waals surface area contributed by atoms with E-state index in [1.165, 1.54) is 37.0 Å². The molecule has 116 valence electrons. The smallest absolute Gasteiger partial charge is 0.265 e. The number of rotatable bonds is 7. The van der Waals surface area contributed by atoms with Gasteiger partial charge in [0.15, 0.2) is 5.13 Å². The quantitative estimate of drug-likeness (QED) is 0.723. The zero-order valence-electron chi connectivity index (χ0n) is 12.7.